The fraction of sp³-hybridized carbons (Fsp3) is 0.385. The van der Waals surface area contributed by atoms with Gasteiger partial charge in [-0.05, 0) is 12.1 Å². The summed E-state index contributed by atoms with van der Waals surface area (Å²) in [5.74, 6) is -0.259. The molecule has 1 fully saturated rings. The highest BCUT2D eigenvalue weighted by Crippen LogP contribution is 2.29. The molecule has 3 rings (SSSR count). The Kier molecular flexibility index (Phi) is 3.32. The second-order valence-electron chi connectivity index (χ2n) is 4.69. The molecule has 2 aromatic rings. The number of amides is 1. The molecular formula is C13H12F3N3O2. The Morgan fingerprint density at radius 2 is 2.00 bits per heavy atom. The maximum Gasteiger partial charge on any atom is 0.416 e. The van der Waals surface area contributed by atoms with E-state index in [1.54, 1.807) is 4.90 Å². The van der Waals surface area contributed by atoms with Gasteiger partial charge in [-0.3, -0.25) is 9.20 Å². The van der Waals surface area contributed by atoms with Crippen LogP contribution >= 0.6 is 0 Å². The molecule has 8 heteroatoms. The number of ether oxygens (including phenoxy) is 1. The number of halogens is 3. The molecule has 3 heterocycles. The van der Waals surface area contributed by atoms with Crippen molar-refractivity contribution in [3.8, 4) is 0 Å². The first-order valence-corrected chi connectivity index (χ1v) is 6.38. The van der Waals surface area contributed by atoms with Crippen LogP contribution in [0.25, 0.3) is 5.65 Å². The molecule has 0 bridgehead atoms. The molecule has 0 atom stereocenters. The van der Waals surface area contributed by atoms with E-state index >= 15 is 0 Å². The van der Waals surface area contributed by atoms with Gasteiger partial charge < -0.3 is 9.64 Å². The van der Waals surface area contributed by atoms with Crippen LogP contribution in [0, 0.1) is 0 Å². The van der Waals surface area contributed by atoms with Crippen molar-refractivity contribution in [2.75, 3.05) is 26.3 Å². The third-order valence-corrected chi connectivity index (χ3v) is 3.36. The van der Waals surface area contributed by atoms with Crippen molar-refractivity contribution in [1.29, 1.82) is 0 Å². The van der Waals surface area contributed by atoms with E-state index in [0.29, 0.717) is 26.3 Å². The highest BCUT2D eigenvalue weighted by atomic mass is 19.4. The number of rotatable bonds is 1. The Balaban J connectivity index is 1.95. The van der Waals surface area contributed by atoms with Gasteiger partial charge in [-0.25, -0.2) is 4.98 Å². The van der Waals surface area contributed by atoms with Crippen LogP contribution in [-0.4, -0.2) is 46.5 Å². The minimum absolute atomic E-state index is 0.0986. The van der Waals surface area contributed by atoms with E-state index in [1.807, 2.05) is 0 Å². The van der Waals surface area contributed by atoms with Crippen molar-refractivity contribution in [2.45, 2.75) is 6.18 Å². The number of carbonyl (C=O) groups is 1. The average molecular weight is 299 g/mol. The largest absolute Gasteiger partial charge is 0.416 e. The molecule has 0 unspecified atom stereocenters. The molecule has 1 amide bonds. The normalized spacial score (nSPS) is 16.4. The van der Waals surface area contributed by atoms with Gasteiger partial charge in [0.1, 0.15) is 11.3 Å². The number of fused-ring (bicyclic) bond motifs is 1. The van der Waals surface area contributed by atoms with Gasteiger partial charge in [0.05, 0.1) is 25.0 Å². The highest BCUT2D eigenvalue weighted by molar-refractivity contribution is 5.93. The lowest BCUT2D eigenvalue weighted by molar-refractivity contribution is -0.137. The van der Waals surface area contributed by atoms with Crippen LogP contribution in [0.5, 0.6) is 0 Å². The predicted octanol–water partition coefficient (Wildman–Crippen LogP) is 1.83. The zero-order chi connectivity index (χ0) is 15.0. The van der Waals surface area contributed by atoms with Crippen molar-refractivity contribution in [1.82, 2.24) is 14.3 Å². The summed E-state index contributed by atoms with van der Waals surface area (Å²) in [6.07, 6.45) is -1.91. The third-order valence-electron chi connectivity index (χ3n) is 3.36. The molecule has 5 nitrogen and oxygen atoms in total. The molecule has 1 saturated heterocycles. The van der Waals surface area contributed by atoms with Gasteiger partial charge in [-0.2, -0.15) is 13.2 Å². The predicted molar refractivity (Wildman–Crippen MR) is 66.9 cm³/mol. The number of hydrogen-bond donors (Lipinski definition) is 0. The molecule has 2 aromatic heterocycles. The smallest absolute Gasteiger partial charge is 0.378 e. The van der Waals surface area contributed by atoms with Crippen molar-refractivity contribution < 1.29 is 22.7 Å². The molecule has 0 N–H and O–H groups in total. The van der Waals surface area contributed by atoms with E-state index in [4.69, 9.17) is 4.74 Å². The van der Waals surface area contributed by atoms with Crippen molar-refractivity contribution in [3.63, 3.8) is 0 Å². The van der Waals surface area contributed by atoms with Crippen LogP contribution in [0.3, 0.4) is 0 Å². The van der Waals surface area contributed by atoms with Gasteiger partial charge in [0.15, 0.2) is 0 Å². The Labute approximate surface area is 117 Å². The van der Waals surface area contributed by atoms with Gasteiger partial charge >= 0.3 is 6.18 Å². The summed E-state index contributed by atoms with van der Waals surface area (Å²) < 4.78 is 44.5. The Morgan fingerprint density at radius 1 is 1.29 bits per heavy atom. The average Bonchev–Trinajstić information content (AvgIpc) is 2.89. The molecular weight excluding hydrogens is 287 g/mol. The second-order valence-corrected chi connectivity index (χ2v) is 4.69. The Bertz CT molecular complexity index is 675. The molecule has 21 heavy (non-hydrogen) atoms. The standard InChI is InChI=1S/C13H12F3N3O2/c14-13(15,16)9-1-2-19-10(8-17-11(19)7-9)12(20)18-3-5-21-6-4-18/h1-2,7-8H,3-6H2. The van der Waals surface area contributed by atoms with Crippen molar-refractivity contribution >= 4 is 11.6 Å². The number of nitrogens with zero attached hydrogens (tertiary/aromatic N) is 3. The lowest BCUT2D eigenvalue weighted by atomic mass is 10.2. The maximum atomic E-state index is 12.6. The molecule has 0 aromatic carbocycles. The van der Waals surface area contributed by atoms with Gasteiger partial charge in [0, 0.05) is 19.3 Å². The van der Waals surface area contributed by atoms with Gasteiger partial charge in [0.25, 0.3) is 5.91 Å². The molecule has 112 valence electrons. The summed E-state index contributed by atoms with van der Waals surface area (Å²) in [7, 11) is 0. The van der Waals surface area contributed by atoms with Gasteiger partial charge in [0.2, 0.25) is 0 Å². The van der Waals surface area contributed by atoms with E-state index in [1.165, 1.54) is 16.8 Å². The minimum atomic E-state index is -4.43. The fourth-order valence-corrected chi connectivity index (χ4v) is 2.24. The van der Waals surface area contributed by atoms with E-state index < -0.39 is 11.7 Å². The zero-order valence-electron chi connectivity index (χ0n) is 10.9. The van der Waals surface area contributed by atoms with Crippen LogP contribution in [0.15, 0.2) is 24.5 Å². The van der Waals surface area contributed by atoms with Crippen LogP contribution in [0.4, 0.5) is 13.2 Å². The lowest BCUT2D eigenvalue weighted by Crippen LogP contribution is -2.41. The van der Waals surface area contributed by atoms with Crippen LogP contribution in [0.1, 0.15) is 16.1 Å². The van der Waals surface area contributed by atoms with Gasteiger partial charge in [-0.1, -0.05) is 0 Å². The quantitative estimate of drug-likeness (QED) is 0.807. The molecule has 0 radical (unpaired) electrons. The maximum absolute atomic E-state index is 12.6. The first kappa shape index (κ1) is 13.9. The first-order valence-electron chi connectivity index (χ1n) is 6.38. The molecule has 1 aliphatic heterocycles. The number of imidazole rings is 1. The number of aromatic nitrogens is 2. The molecule has 1 aliphatic rings. The summed E-state index contributed by atoms with van der Waals surface area (Å²) >= 11 is 0. The summed E-state index contributed by atoms with van der Waals surface area (Å²) in [5, 5.41) is 0. The number of carbonyl (C=O) groups excluding carboxylic acids is 1. The lowest BCUT2D eigenvalue weighted by Gasteiger charge is -2.26. The summed E-state index contributed by atoms with van der Waals surface area (Å²) in [6.45, 7) is 1.85. The number of morpholine rings is 1. The van der Waals surface area contributed by atoms with E-state index in [2.05, 4.69) is 4.98 Å². The fourth-order valence-electron chi connectivity index (χ4n) is 2.24. The number of pyridine rings is 1. The van der Waals surface area contributed by atoms with Crippen molar-refractivity contribution in [3.05, 3.63) is 35.8 Å². The van der Waals surface area contributed by atoms with E-state index in [-0.39, 0.29) is 17.2 Å². The minimum Gasteiger partial charge on any atom is -0.378 e. The van der Waals surface area contributed by atoms with Gasteiger partial charge in [-0.15, -0.1) is 0 Å². The topological polar surface area (TPSA) is 46.8 Å². The van der Waals surface area contributed by atoms with Crippen LogP contribution in [-0.2, 0) is 10.9 Å². The summed E-state index contributed by atoms with van der Waals surface area (Å²) in [4.78, 5) is 17.8. The first-order chi connectivity index (χ1) is 9.97. The Hall–Kier alpha value is -2.09. The van der Waals surface area contributed by atoms with Crippen LogP contribution in [0.2, 0.25) is 0 Å². The Morgan fingerprint density at radius 3 is 2.67 bits per heavy atom. The van der Waals surface area contributed by atoms with Crippen LogP contribution < -0.4 is 0 Å². The molecule has 0 aliphatic carbocycles. The van der Waals surface area contributed by atoms with Crippen molar-refractivity contribution in [2.24, 2.45) is 0 Å². The zero-order valence-corrected chi connectivity index (χ0v) is 10.9. The molecule has 0 spiro atoms. The third kappa shape index (κ3) is 2.58. The highest BCUT2D eigenvalue weighted by Gasteiger charge is 2.31. The monoisotopic (exact) mass is 299 g/mol. The summed E-state index contributed by atoms with van der Waals surface area (Å²) in [5.41, 5.74) is -0.437. The number of hydrogen-bond acceptors (Lipinski definition) is 3. The second kappa shape index (κ2) is 5.03. The molecule has 0 saturated carbocycles. The SMILES string of the molecule is O=C(c1cnc2cc(C(F)(F)F)ccn12)N1CCOCC1. The number of alkyl halides is 3. The summed E-state index contributed by atoms with van der Waals surface area (Å²) in [6, 6.07) is 1.86. The van der Waals surface area contributed by atoms with E-state index in [9.17, 15) is 18.0 Å². The van der Waals surface area contributed by atoms with E-state index in [0.717, 1.165) is 12.1 Å².